The maximum absolute atomic E-state index is 12.3. The van der Waals surface area contributed by atoms with Gasteiger partial charge in [0.25, 0.3) is 0 Å². The van der Waals surface area contributed by atoms with Crippen LogP contribution in [0.2, 0.25) is 0 Å². The Labute approximate surface area is 176 Å². The van der Waals surface area contributed by atoms with Gasteiger partial charge in [0, 0.05) is 32.3 Å². The highest BCUT2D eigenvalue weighted by Gasteiger charge is 2.28. The molecule has 0 aliphatic rings. The Kier molecular flexibility index (Phi) is 13.2. The number of hydrogen-bond acceptors (Lipinski definition) is 3. The summed E-state index contributed by atoms with van der Waals surface area (Å²) < 4.78 is 47.4. The lowest BCUT2D eigenvalue weighted by molar-refractivity contribution is -0.153. The van der Waals surface area contributed by atoms with Gasteiger partial charge in [0.05, 0.1) is 6.61 Å². The Hall–Kier alpha value is -1.23. The van der Waals surface area contributed by atoms with Crippen LogP contribution in [0.3, 0.4) is 0 Å². The molecule has 0 saturated heterocycles. The Balaban J connectivity index is 0.00000676. The maximum atomic E-state index is 12.3. The Bertz CT molecular complexity index is 555. The van der Waals surface area contributed by atoms with E-state index in [9.17, 15) is 13.2 Å². The average Bonchev–Trinajstić information content (AvgIpc) is 2.58. The monoisotopic (exact) mass is 503 g/mol. The third-order valence-corrected chi connectivity index (χ3v) is 3.41. The number of alkyl halides is 3. The number of benzene rings is 1. The van der Waals surface area contributed by atoms with Gasteiger partial charge in [0.1, 0.15) is 5.75 Å². The zero-order chi connectivity index (χ0) is 19.4. The first-order valence-corrected chi connectivity index (χ1v) is 8.61. The molecule has 1 rings (SSSR count). The van der Waals surface area contributed by atoms with Crippen molar-refractivity contribution in [2.75, 3.05) is 33.4 Å². The Morgan fingerprint density at radius 2 is 1.85 bits per heavy atom. The summed E-state index contributed by atoms with van der Waals surface area (Å²) in [6.45, 7) is 5.12. The van der Waals surface area contributed by atoms with Crippen LogP contribution in [-0.4, -0.2) is 45.5 Å². The molecule has 2 N–H and O–H groups in total. The Morgan fingerprint density at radius 3 is 2.48 bits per heavy atom. The van der Waals surface area contributed by atoms with E-state index in [2.05, 4.69) is 29.5 Å². The fraction of sp³-hybridized carbons (Fsp3) is 0.611. The lowest BCUT2D eigenvalue weighted by atomic mass is 10.1. The Morgan fingerprint density at radius 1 is 1.15 bits per heavy atom. The molecule has 0 radical (unpaired) electrons. The fourth-order valence-corrected chi connectivity index (χ4v) is 2.01. The summed E-state index contributed by atoms with van der Waals surface area (Å²) in [6, 6.07) is 6.61. The fourth-order valence-electron chi connectivity index (χ4n) is 2.01. The van der Waals surface area contributed by atoms with Crippen molar-refractivity contribution in [1.29, 1.82) is 0 Å². The molecule has 9 heteroatoms. The van der Waals surface area contributed by atoms with Crippen molar-refractivity contribution in [1.82, 2.24) is 10.6 Å². The highest BCUT2D eigenvalue weighted by Crippen LogP contribution is 2.21. The second kappa shape index (κ2) is 13.9. The molecule has 156 valence electrons. The van der Waals surface area contributed by atoms with Crippen LogP contribution in [0.25, 0.3) is 0 Å². The summed E-state index contributed by atoms with van der Waals surface area (Å²) in [7, 11) is 1.63. The molecular weight excluding hydrogens is 474 g/mol. The van der Waals surface area contributed by atoms with E-state index in [1.165, 1.54) is 6.07 Å². The smallest absolute Gasteiger partial charge is 0.422 e. The van der Waals surface area contributed by atoms with Gasteiger partial charge < -0.3 is 20.1 Å². The zero-order valence-electron chi connectivity index (χ0n) is 15.9. The van der Waals surface area contributed by atoms with Gasteiger partial charge in [-0.25, -0.2) is 0 Å². The minimum atomic E-state index is -4.37. The van der Waals surface area contributed by atoms with Gasteiger partial charge in [-0.05, 0) is 18.4 Å². The predicted octanol–water partition coefficient (Wildman–Crippen LogP) is 3.97. The largest absolute Gasteiger partial charge is 0.484 e. The van der Waals surface area contributed by atoms with Crippen molar-refractivity contribution < 1.29 is 22.6 Å². The van der Waals surface area contributed by atoms with Crippen LogP contribution in [0.4, 0.5) is 13.2 Å². The second-order valence-corrected chi connectivity index (χ2v) is 6.16. The highest BCUT2D eigenvalue weighted by molar-refractivity contribution is 14.0. The summed E-state index contributed by atoms with van der Waals surface area (Å²) in [5, 5.41) is 6.15. The van der Waals surface area contributed by atoms with Crippen molar-refractivity contribution in [2.24, 2.45) is 10.9 Å². The lowest BCUT2D eigenvalue weighted by Crippen LogP contribution is -2.38. The second-order valence-electron chi connectivity index (χ2n) is 6.16. The molecule has 0 spiro atoms. The van der Waals surface area contributed by atoms with Gasteiger partial charge in [-0.1, -0.05) is 32.0 Å². The van der Waals surface area contributed by atoms with Gasteiger partial charge in [0.15, 0.2) is 12.6 Å². The van der Waals surface area contributed by atoms with Crippen molar-refractivity contribution in [3.63, 3.8) is 0 Å². The summed E-state index contributed by atoms with van der Waals surface area (Å²) in [4.78, 5) is 4.08. The molecule has 1 aromatic rings. The van der Waals surface area contributed by atoms with Crippen LogP contribution >= 0.6 is 24.0 Å². The molecule has 0 aliphatic carbocycles. The zero-order valence-corrected chi connectivity index (χ0v) is 18.3. The van der Waals surface area contributed by atoms with E-state index >= 15 is 0 Å². The molecule has 0 saturated carbocycles. The van der Waals surface area contributed by atoms with Crippen LogP contribution in [0.15, 0.2) is 29.3 Å². The molecule has 27 heavy (non-hydrogen) atoms. The molecule has 0 aliphatic heterocycles. The number of ether oxygens (including phenoxy) is 2. The van der Waals surface area contributed by atoms with E-state index in [0.717, 1.165) is 13.0 Å². The van der Waals surface area contributed by atoms with Crippen molar-refractivity contribution in [3.05, 3.63) is 29.8 Å². The van der Waals surface area contributed by atoms with E-state index in [-0.39, 0.29) is 29.7 Å². The molecule has 0 unspecified atom stereocenters. The van der Waals surface area contributed by atoms with Crippen molar-refractivity contribution in [2.45, 2.75) is 33.0 Å². The number of nitrogens with zero attached hydrogens (tertiary/aromatic N) is 1. The molecular formula is C18H29F3IN3O2. The normalized spacial score (nSPS) is 11.9. The van der Waals surface area contributed by atoms with E-state index in [1.807, 2.05) is 0 Å². The molecule has 0 amide bonds. The standard InChI is InChI=1S/C18H28F3N3O2.HI/c1-14(2)8-10-25-11-9-23-17(22-3)24-12-15-6-4-5-7-16(15)26-13-18(19,20)21;/h4-7,14H,8-13H2,1-3H3,(H2,22,23,24);1H. The molecule has 0 aromatic heterocycles. The number of para-hydroxylation sites is 1. The number of halogens is 4. The van der Waals surface area contributed by atoms with Gasteiger partial charge in [0.2, 0.25) is 0 Å². The third-order valence-electron chi connectivity index (χ3n) is 3.41. The SMILES string of the molecule is CN=C(NCCOCCC(C)C)NCc1ccccc1OCC(F)(F)F.I. The first-order valence-electron chi connectivity index (χ1n) is 8.61. The summed E-state index contributed by atoms with van der Waals surface area (Å²) in [5.41, 5.74) is 0.618. The third kappa shape index (κ3) is 12.7. The molecule has 0 heterocycles. The van der Waals surface area contributed by atoms with Crippen LogP contribution in [0.1, 0.15) is 25.8 Å². The number of hydrogen-bond donors (Lipinski definition) is 2. The van der Waals surface area contributed by atoms with Crippen LogP contribution in [0.5, 0.6) is 5.75 Å². The first-order chi connectivity index (χ1) is 12.3. The number of rotatable bonds is 10. The average molecular weight is 503 g/mol. The van der Waals surface area contributed by atoms with Gasteiger partial charge >= 0.3 is 6.18 Å². The minimum absolute atomic E-state index is 0. The van der Waals surface area contributed by atoms with E-state index < -0.39 is 12.8 Å². The number of nitrogens with one attached hydrogen (secondary N) is 2. The molecule has 0 atom stereocenters. The maximum Gasteiger partial charge on any atom is 0.422 e. The molecule has 1 aromatic carbocycles. The van der Waals surface area contributed by atoms with Crippen LogP contribution in [-0.2, 0) is 11.3 Å². The molecule has 0 fully saturated rings. The summed E-state index contributed by atoms with van der Waals surface area (Å²) in [5.74, 6) is 1.35. The number of guanidine groups is 1. The molecule has 5 nitrogen and oxygen atoms in total. The van der Waals surface area contributed by atoms with Gasteiger partial charge in [-0.15, -0.1) is 24.0 Å². The van der Waals surface area contributed by atoms with Crippen molar-refractivity contribution in [3.8, 4) is 5.75 Å². The lowest BCUT2D eigenvalue weighted by Gasteiger charge is -2.15. The summed E-state index contributed by atoms with van der Waals surface area (Å²) >= 11 is 0. The molecule has 0 bridgehead atoms. The quantitative estimate of drug-likeness (QED) is 0.220. The van der Waals surface area contributed by atoms with Gasteiger partial charge in [-0.3, -0.25) is 4.99 Å². The van der Waals surface area contributed by atoms with Crippen LogP contribution in [0, 0.1) is 5.92 Å². The minimum Gasteiger partial charge on any atom is -0.484 e. The predicted molar refractivity (Wildman–Crippen MR) is 112 cm³/mol. The topological polar surface area (TPSA) is 54.9 Å². The highest BCUT2D eigenvalue weighted by atomic mass is 127. The van der Waals surface area contributed by atoms with E-state index in [0.29, 0.717) is 37.1 Å². The summed E-state index contributed by atoms with van der Waals surface area (Å²) in [6.07, 6.45) is -3.35. The first kappa shape index (κ1) is 25.8. The van der Waals surface area contributed by atoms with E-state index in [1.54, 1.807) is 25.2 Å². The van der Waals surface area contributed by atoms with Crippen molar-refractivity contribution >= 4 is 29.9 Å². The van der Waals surface area contributed by atoms with Crippen LogP contribution < -0.4 is 15.4 Å². The van der Waals surface area contributed by atoms with E-state index in [4.69, 9.17) is 9.47 Å². The van der Waals surface area contributed by atoms with Gasteiger partial charge in [-0.2, -0.15) is 13.2 Å². The number of aliphatic imine (C=N–C) groups is 1.